The Morgan fingerprint density at radius 1 is 0.895 bits per heavy atom. The van der Waals surface area contributed by atoms with Crippen LogP contribution in [0.3, 0.4) is 0 Å². The summed E-state index contributed by atoms with van der Waals surface area (Å²) >= 11 is 0. The van der Waals surface area contributed by atoms with Gasteiger partial charge in [-0.15, -0.1) is 0 Å². The number of carbonyl (C=O) groups excluding carboxylic acids is 1. The van der Waals surface area contributed by atoms with Crippen molar-refractivity contribution in [1.82, 2.24) is 14.5 Å². The number of rotatable bonds is 7. The van der Waals surface area contributed by atoms with Gasteiger partial charge in [0.25, 0.3) is 11.5 Å². The van der Waals surface area contributed by atoms with Gasteiger partial charge in [0.05, 0.1) is 29.7 Å². The van der Waals surface area contributed by atoms with Gasteiger partial charge in [-0.05, 0) is 72.1 Å². The minimum absolute atomic E-state index is 0.124. The summed E-state index contributed by atoms with van der Waals surface area (Å²) in [5, 5.41) is 2.65. The molecule has 0 fully saturated rings. The number of hydrogen-bond donors (Lipinski definition) is 0. The number of ether oxygens (including phenoxy) is 1. The predicted molar refractivity (Wildman–Crippen MR) is 152 cm³/mol. The lowest BCUT2D eigenvalue weighted by Crippen LogP contribution is -2.39. The average molecular weight is 506 g/mol. The van der Waals surface area contributed by atoms with E-state index in [1.165, 1.54) is 0 Å². The molecule has 1 unspecified atom stereocenters. The summed E-state index contributed by atoms with van der Waals surface area (Å²) in [5.74, 6) is 1.29. The number of carbonyl (C=O) groups is 1. The fraction of sp³-hybridized carbons (Fsp3) is 0.219. The van der Waals surface area contributed by atoms with Gasteiger partial charge in [-0.25, -0.2) is 4.98 Å². The van der Waals surface area contributed by atoms with Crippen LogP contribution < -0.4 is 10.3 Å². The molecular formula is C32H31N3O3. The highest BCUT2D eigenvalue weighted by molar-refractivity contribution is 5.94. The van der Waals surface area contributed by atoms with Gasteiger partial charge < -0.3 is 9.64 Å². The van der Waals surface area contributed by atoms with E-state index in [2.05, 4.69) is 13.8 Å². The molecule has 0 aliphatic rings. The maximum atomic E-state index is 14.0. The Hall–Kier alpha value is -4.45. The number of hydrogen-bond acceptors (Lipinski definition) is 4. The Bertz CT molecular complexity index is 1670. The molecule has 0 N–H and O–H groups in total. The number of fused-ring (bicyclic) bond motifs is 2. The molecule has 1 aromatic heterocycles. The molecule has 1 atom stereocenters. The molecule has 1 amide bonds. The molecule has 0 spiro atoms. The summed E-state index contributed by atoms with van der Waals surface area (Å²) in [6.45, 7) is 6.60. The predicted octanol–water partition coefficient (Wildman–Crippen LogP) is 6.41. The van der Waals surface area contributed by atoms with Crippen LogP contribution >= 0.6 is 0 Å². The van der Waals surface area contributed by atoms with Crippen molar-refractivity contribution in [2.75, 3.05) is 13.7 Å². The molecule has 0 radical (unpaired) electrons. The molecular weight excluding hydrogens is 474 g/mol. The van der Waals surface area contributed by atoms with Gasteiger partial charge in [0.15, 0.2) is 0 Å². The van der Waals surface area contributed by atoms with E-state index >= 15 is 0 Å². The van der Waals surface area contributed by atoms with Crippen molar-refractivity contribution in [2.24, 2.45) is 5.92 Å². The van der Waals surface area contributed by atoms with Crippen LogP contribution in [0.25, 0.3) is 27.4 Å². The topological polar surface area (TPSA) is 64.4 Å². The molecule has 0 bridgehead atoms. The number of benzene rings is 4. The van der Waals surface area contributed by atoms with Crippen molar-refractivity contribution in [1.29, 1.82) is 0 Å². The first-order valence-electron chi connectivity index (χ1n) is 12.8. The second kappa shape index (κ2) is 10.5. The van der Waals surface area contributed by atoms with E-state index < -0.39 is 6.04 Å². The van der Waals surface area contributed by atoms with Gasteiger partial charge >= 0.3 is 0 Å². The zero-order valence-electron chi connectivity index (χ0n) is 22.1. The van der Waals surface area contributed by atoms with E-state index in [9.17, 15) is 9.59 Å². The maximum Gasteiger partial charge on any atom is 0.266 e. The van der Waals surface area contributed by atoms with E-state index in [0.29, 0.717) is 34.6 Å². The summed E-state index contributed by atoms with van der Waals surface area (Å²) in [6.07, 6.45) is 0. The summed E-state index contributed by atoms with van der Waals surface area (Å²) in [7, 11) is 1.60. The molecule has 38 heavy (non-hydrogen) atoms. The van der Waals surface area contributed by atoms with Crippen LogP contribution in [0.2, 0.25) is 0 Å². The largest absolute Gasteiger partial charge is 0.497 e. The summed E-state index contributed by atoms with van der Waals surface area (Å²) in [6, 6.07) is 28.0. The Morgan fingerprint density at radius 2 is 1.58 bits per heavy atom. The number of para-hydroxylation sites is 1. The number of nitrogens with zero attached hydrogens (tertiary/aromatic N) is 3. The quantitative estimate of drug-likeness (QED) is 0.257. The van der Waals surface area contributed by atoms with Gasteiger partial charge in [-0.2, -0.15) is 0 Å². The average Bonchev–Trinajstić information content (AvgIpc) is 2.95. The monoisotopic (exact) mass is 505 g/mol. The lowest BCUT2D eigenvalue weighted by Gasteiger charge is -2.32. The van der Waals surface area contributed by atoms with Crippen LogP contribution in [0.5, 0.6) is 5.75 Å². The minimum atomic E-state index is -0.476. The van der Waals surface area contributed by atoms with Crippen molar-refractivity contribution in [3.8, 4) is 11.4 Å². The SMILES string of the molecule is COc1ccc(C(=O)N(CC(C)C)C(C)c2nc3ccccc3c(=O)n2-c2ccc3ccccc3c2)cc1. The van der Waals surface area contributed by atoms with Crippen LogP contribution in [0.15, 0.2) is 95.8 Å². The van der Waals surface area contributed by atoms with E-state index in [1.54, 1.807) is 46.9 Å². The number of amides is 1. The highest BCUT2D eigenvalue weighted by Gasteiger charge is 2.28. The molecule has 192 valence electrons. The lowest BCUT2D eigenvalue weighted by molar-refractivity contribution is 0.0655. The Balaban J connectivity index is 1.69. The summed E-state index contributed by atoms with van der Waals surface area (Å²) in [4.78, 5) is 34.6. The first-order valence-corrected chi connectivity index (χ1v) is 12.8. The van der Waals surface area contributed by atoms with Crippen LogP contribution in [-0.2, 0) is 0 Å². The third kappa shape index (κ3) is 4.77. The highest BCUT2D eigenvalue weighted by atomic mass is 16.5. The summed E-state index contributed by atoms with van der Waals surface area (Å²) < 4.78 is 6.93. The van der Waals surface area contributed by atoms with Crippen molar-refractivity contribution in [3.05, 3.63) is 113 Å². The van der Waals surface area contributed by atoms with E-state index in [4.69, 9.17) is 9.72 Å². The smallest absolute Gasteiger partial charge is 0.266 e. The summed E-state index contributed by atoms with van der Waals surface area (Å²) in [5.41, 5.74) is 1.72. The van der Waals surface area contributed by atoms with E-state index in [1.807, 2.05) is 67.6 Å². The number of methoxy groups -OCH3 is 1. The highest BCUT2D eigenvalue weighted by Crippen LogP contribution is 2.27. The van der Waals surface area contributed by atoms with Gasteiger partial charge in [0.2, 0.25) is 0 Å². The Morgan fingerprint density at radius 3 is 2.29 bits per heavy atom. The third-order valence-corrected chi connectivity index (χ3v) is 6.79. The van der Waals surface area contributed by atoms with Gasteiger partial charge in [0.1, 0.15) is 11.6 Å². The van der Waals surface area contributed by atoms with Gasteiger partial charge in [-0.1, -0.05) is 56.3 Å². The first-order chi connectivity index (χ1) is 18.4. The van der Waals surface area contributed by atoms with Gasteiger partial charge in [-0.3, -0.25) is 14.2 Å². The van der Waals surface area contributed by atoms with Crippen LogP contribution in [-0.4, -0.2) is 34.0 Å². The standard InChI is InChI=1S/C32H31N3O3/c1-21(2)20-34(31(36)24-14-17-27(38-4)18-15-24)22(3)30-33-29-12-8-7-11-28(29)32(37)35(30)26-16-13-23-9-5-6-10-25(23)19-26/h5-19,21-22H,20H2,1-4H3. The molecule has 4 aromatic carbocycles. The van der Waals surface area contributed by atoms with Crippen molar-refractivity contribution < 1.29 is 9.53 Å². The van der Waals surface area contributed by atoms with Gasteiger partial charge in [0, 0.05) is 12.1 Å². The normalized spacial score (nSPS) is 12.1. The lowest BCUT2D eigenvalue weighted by atomic mass is 10.1. The van der Waals surface area contributed by atoms with Crippen molar-refractivity contribution >= 4 is 27.6 Å². The van der Waals surface area contributed by atoms with Crippen molar-refractivity contribution in [3.63, 3.8) is 0 Å². The second-order valence-electron chi connectivity index (χ2n) is 9.92. The van der Waals surface area contributed by atoms with E-state index in [0.717, 1.165) is 16.5 Å². The van der Waals surface area contributed by atoms with Crippen LogP contribution in [0.4, 0.5) is 0 Å². The third-order valence-electron chi connectivity index (χ3n) is 6.79. The van der Waals surface area contributed by atoms with E-state index in [-0.39, 0.29) is 17.4 Å². The molecule has 0 aliphatic heterocycles. The molecule has 0 saturated carbocycles. The Labute approximate surface area is 222 Å². The minimum Gasteiger partial charge on any atom is -0.497 e. The fourth-order valence-electron chi connectivity index (χ4n) is 4.84. The fourth-order valence-corrected chi connectivity index (χ4v) is 4.84. The zero-order chi connectivity index (χ0) is 26.8. The molecule has 5 aromatic rings. The first kappa shape index (κ1) is 25.2. The zero-order valence-corrected chi connectivity index (χ0v) is 22.1. The van der Waals surface area contributed by atoms with Crippen LogP contribution in [0, 0.1) is 5.92 Å². The second-order valence-corrected chi connectivity index (χ2v) is 9.92. The maximum absolute atomic E-state index is 14.0. The van der Waals surface area contributed by atoms with Crippen LogP contribution in [0.1, 0.15) is 43.0 Å². The molecule has 6 heteroatoms. The number of aromatic nitrogens is 2. The van der Waals surface area contributed by atoms with Crippen molar-refractivity contribution in [2.45, 2.75) is 26.8 Å². The molecule has 1 heterocycles. The molecule has 0 saturated heterocycles. The molecule has 6 nitrogen and oxygen atoms in total. The molecule has 0 aliphatic carbocycles. The Kier molecular flexibility index (Phi) is 6.97. The molecule has 5 rings (SSSR count).